The zero-order valence-electron chi connectivity index (χ0n) is 12.9. The lowest BCUT2D eigenvalue weighted by Crippen LogP contribution is -2.24. The summed E-state index contributed by atoms with van der Waals surface area (Å²) in [5.74, 6) is 0. The minimum absolute atomic E-state index is 0.0803. The highest BCUT2D eigenvalue weighted by Crippen LogP contribution is 2.52. The van der Waals surface area contributed by atoms with Gasteiger partial charge in [0.05, 0.1) is 13.1 Å². The van der Waals surface area contributed by atoms with Gasteiger partial charge in [-0.1, -0.05) is 34.4 Å². The first-order valence-corrected chi connectivity index (χ1v) is 8.10. The van der Waals surface area contributed by atoms with Gasteiger partial charge in [0.25, 0.3) is 0 Å². The van der Waals surface area contributed by atoms with Crippen LogP contribution >= 0.6 is 8.73 Å². The van der Waals surface area contributed by atoms with Crippen molar-refractivity contribution >= 4 is 8.73 Å². The van der Waals surface area contributed by atoms with Gasteiger partial charge >= 0.3 is 6.19 Å². The summed E-state index contributed by atoms with van der Waals surface area (Å²) in [6.45, 7) is 13.5. The summed E-state index contributed by atoms with van der Waals surface area (Å²) in [5, 5.41) is 0.0803. The molecule has 1 aliphatic carbocycles. The van der Waals surface area contributed by atoms with Crippen molar-refractivity contribution in [2.24, 2.45) is 0 Å². The maximum atomic E-state index is 4.60. The van der Waals surface area contributed by atoms with E-state index < -0.39 is 0 Å². The number of rotatable bonds is 1. The molecule has 1 fully saturated rings. The highest BCUT2D eigenvalue weighted by atomic mass is 31.1. The number of nitrogens with zero attached hydrogens (tertiary/aromatic N) is 2. The van der Waals surface area contributed by atoms with Crippen LogP contribution in [0.5, 0.6) is 0 Å². The standard InChI is InChI=1S/C16H25N2P/c1-12-13(2)15(4)16(5,14(12)3)19-17-11-18-9-7-6-8-10-18/h6-10H2,1-5H3. The van der Waals surface area contributed by atoms with E-state index in [-0.39, 0.29) is 5.16 Å². The lowest BCUT2D eigenvalue weighted by Gasteiger charge is -2.34. The van der Waals surface area contributed by atoms with Gasteiger partial charge in [0.2, 0.25) is 0 Å². The molecule has 1 saturated heterocycles. The Hall–Kier alpha value is -0.800. The molecule has 2 aliphatic rings. The number of piperidine rings is 1. The fraction of sp³-hybridized carbons (Fsp3) is 0.688. The predicted molar refractivity (Wildman–Crippen MR) is 84.7 cm³/mol. The molecule has 3 heteroatoms. The topological polar surface area (TPSA) is 7.60 Å². The molecule has 0 N–H and O–H groups in total. The quantitative estimate of drug-likeness (QED) is 0.479. The van der Waals surface area contributed by atoms with E-state index in [1.807, 2.05) is 0 Å². The molecule has 0 saturated carbocycles. The maximum absolute atomic E-state index is 4.60. The molecule has 0 radical (unpaired) electrons. The SMILES string of the molecule is CC1=C(C)C(C)([P-][N+]#CN2CCCCC2)C(C)=C1C. The second-order valence-electron chi connectivity index (χ2n) is 5.92. The summed E-state index contributed by atoms with van der Waals surface area (Å²) in [7, 11) is 1.11. The Labute approximate surface area is 119 Å². The molecule has 0 atom stereocenters. The predicted octanol–water partition coefficient (Wildman–Crippen LogP) is 5.07. The first-order chi connectivity index (χ1) is 8.97. The monoisotopic (exact) mass is 276 g/mol. The van der Waals surface area contributed by atoms with Crippen molar-refractivity contribution in [2.45, 2.75) is 59.0 Å². The van der Waals surface area contributed by atoms with Crippen molar-refractivity contribution in [3.63, 3.8) is 0 Å². The van der Waals surface area contributed by atoms with Crippen molar-refractivity contribution in [2.75, 3.05) is 13.1 Å². The Balaban J connectivity index is 2.09. The van der Waals surface area contributed by atoms with E-state index in [4.69, 9.17) is 0 Å². The average Bonchev–Trinajstić information content (AvgIpc) is 2.57. The molecule has 19 heavy (non-hydrogen) atoms. The van der Waals surface area contributed by atoms with Gasteiger partial charge in [-0.15, -0.1) is 0 Å². The smallest absolute Gasteiger partial charge is 0.333 e. The second-order valence-corrected chi connectivity index (χ2v) is 7.21. The summed E-state index contributed by atoms with van der Waals surface area (Å²) in [6.07, 6.45) is 7.17. The van der Waals surface area contributed by atoms with Crippen molar-refractivity contribution in [3.8, 4) is 6.19 Å². The van der Waals surface area contributed by atoms with Crippen molar-refractivity contribution < 1.29 is 0 Å². The van der Waals surface area contributed by atoms with Gasteiger partial charge in [-0.3, -0.25) is 0 Å². The molecule has 2 rings (SSSR count). The third-order valence-electron chi connectivity index (χ3n) is 4.94. The van der Waals surface area contributed by atoms with E-state index in [1.165, 1.54) is 41.6 Å². The first kappa shape index (κ1) is 14.6. The molecule has 0 aromatic heterocycles. The molecule has 104 valence electrons. The summed E-state index contributed by atoms with van der Waals surface area (Å²) < 4.78 is 4.60. The molecule has 0 unspecified atom stereocenters. The fourth-order valence-electron chi connectivity index (χ4n) is 2.90. The Morgan fingerprint density at radius 3 is 2.05 bits per heavy atom. The normalized spacial score (nSPS) is 23.3. The van der Waals surface area contributed by atoms with Crippen LogP contribution in [0.25, 0.3) is 4.62 Å². The van der Waals surface area contributed by atoms with Gasteiger partial charge in [-0.05, 0) is 47.0 Å². The highest BCUT2D eigenvalue weighted by Gasteiger charge is 2.30. The molecule has 0 bridgehead atoms. The molecule has 0 aromatic rings. The fourth-order valence-corrected chi connectivity index (χ4v) is 3.91. The third-order valence-corrected chi connectivity index (χ3v) is 6.20. The molecular weight excluding hydrogens is 251 g/mol. The van der Waals surface area contributed by atoms with Crippen LogP contribution in [0.4, 0.5) is 0 Å². The third kappa shape index (κ3) is 2.72. The lowest BCUT2D eigenvalue weighted by molar-refractivity contribution is 0.326. The van der Waals surface area contributed by atoms with E-state index in [9.17, 15) is 0 Å². The van der Waals surface area contributed by atoms with E-state index in [1.54, 1.807) is 0 Å². The van der Waals surface area contributed by atoms with Crippen molar-refractivity contribution in [1.82, 2.24) is 4.90 Å². The zero-order valence-corrected chi connectivity index (χ0v) is 13.8. The summed E-state index contributed by atoms with van der Waals surface area (Å²) >= 11 is 0. The van der Waals surface area contributed by atoms with Crippen LogP contribution in [0.3, 0.4) is 0 Å². The number of hydrogen-bond donors (Lipinski definition) is 0. The zero-order chi connectivity index (χ0) is 14.0. The Morgan fingerprint density at radius 1 is 1.00 bits per heavy atom. The first-order valence-electron chi connectivity index (χ1n) is 7.25. The summed E-state index contributed by atoms with van der Waals surface area (Å²) in [6, 6.07) is 0. The van der Waals surface area contributed by atoms with Crippen LogP contribution in [-0.2, 0) is 0 Å². The van der Waals surface area contributed by atoms with Gasteiger partial charge in [0, 0.05) is 0 Å². The van der Waals surface area contributed by atoms with E-state index in [0.29, 0.717) is 0 Å². The van der Waals surface area contributed by atoms with Crippen molar-refractivity contribution in [1.29, 1.82) is 0 Å². The largest absolute Gasteiger partial charge is 0.390 e. The molecule has 0 spiro atoms. The molecule has 0 aromatic carbocycles. The Kier molecular flexibility index (Phi) is 4.36. The van der Waals surface area contributed by atoms with Crippen LogP contribution in [0.15, 0.2) is 22.3 Å². The lowest BCUT2D eigenvalue weighted by atomic mass is 9.98. The maximum Gasteiger partial charge on any atom is 0.333 e. The number of allylic oxidation sites excluding steroid dienone is 4. The van der Waals surface area contributed by atoms with Gasteiger partial charge < -0.3 is 4.62 Å². The average molecular weight is 276 g/mol. The molecular formula is C16H25N2P. The van der Waals surface area contributed by atoms with Gasteiger partial charge in [-0.25, -0.2) is 4.90 Å². The van der Waals surface area contributed by atoms with E-state index >= 15 is 0 Å². The van der Waals surface area contributed by atoms with E-state index in [2.05, 4.69) is 50.3 Å². The minimum atomic E-state index is 0.0803. The van der Waals surface area contributed by atoms with Crippen LogP contribution in [0.1, 0.15) is 53.9 Å². The number of likely N-dealkylation sites (tertiary alicyclic amines) is 1. The van der Waals surface area contributed by atoms with Gasteiger partial charge in [0.1, 0.15) is 0 Å². The molecule has 1 aliphatic heterocycles. The van der Waals surface area contributed by atoms with E-state index in [0.717, 1.165) is 21.8 Å². The van der Waals surface area contributed by atoms with Crippen LogP contribution < -0.4 is 0 Å². The summed E-state index contributed by atoms with van der Waals surface area (Å²) in [5.41, 5.74) is 5.82. The molecule has 2 nitrogen and oxygen atoms in total. The van der Waals surface area contributed by atoms with Gasteiger partial charge in [0.15, 0.2) is 0 Å². The Morgan fingerprint density at radius 2 is 1.53 bits per heavy atom. The van der Waals surface area contributed by atoms with Crippen LogP contribution in [0.2, 0.25) is 0 Å². The Bertz CT molecular complexity index is 461. The number of hydrogen-bond acceptors (Lipinski definition) is 1. The summed E-state index contributed by atoms with van der Waals surface area (Å²) in [4.78, 5) is 2.24. The highest BCUT2D eigenvalue weighted by molar-refractivity contribution is 7.43. The second kappa shape index (κ2) is 5.68. The van der Waals surface area contributed by atoms with Crippen LogP contribution in [-0.4, -0.2) is 23.1 Å². The van der Waals surface area contributed by atoms with Gasteiger partial charge in [-0.2, -0.15) is 8.73 Å². The minimum Gasteiger partial charge on any atom is -0.390 e. The van der Waals surface area contributed by atoms with Crippen LogP contribution in [0, 0.1) is 6.19 Å². The molecule has 0 amide bonds. The van der Waals surface area contributed by atoms with Crippen molar-refractivity contribution in [3.05, 3.63) is 26.9 Å². The molecule has 1 heterocycles.